The van der Waals surface area contributed by atoms with Crippen molar-refractivity contribution < 1.29 is 9.53 Å². The molecule has 0 radical (unpaired) electrons. The average molecular weight is 280 g/mol. The molecule has 0 bridgehead atoms. The van der Waals surface area contributed by atoms with Crippen LogP contribution in [0.5, 0.6) is 5.75 Å². The van der Waals surface area contributed by atoms with E-state index in [0.717, 1.165) is 5.69 Å². The van der Waals surface area contributed by atoms with E-state index < -0.39 is 0 Å². The van der Waals surface area contributed by atoms with Gasteiger partial charge in [0.2, 0.25) is 5.91 Å². The number of nitrogens with zero attached hydrogens (tertiary/aromatic N) is 1. The number of H-pyrrole nitrogens is 1. The Hall–Kier alpha value is -2.01. The fourth-order valence-electron chi connectivity index (χ4n) is 1.48. The molecular weight excluding hydrogens is 266 g/mol. The van der Waals surface area contributed by atoms with Crippen molar-refractivity contribution in [2.45, 2.75) is 13.0 Å². The van der Waals surface area contributed by atoms with Gasteiger partial charge in [0.15, 0.2) is 0 Å². The predicted octanol–water partition coefficient (Wildman–Crippen LogP) is 2.15. The van der Waals surface area contributed by atoms with Crippen LogP contribution in [-0.2, 0) is 11.3 Å². The Labute approximate surface area is 116 Å². The van der Waals surface area contributed by atoms with Crippen LogP contribution in [0.1, 0.15) is 12.1 Å². The number of rotatable bonds is 6. The highest BCUT2D eigenvalue weighted by Gasteiger charge is 2.04. The van der Waals surface area contributed by atoms with Crippen LogP contribution in [0, 0.1) is 0 Å². The fraction of sp³-hybridized carbons (Fsp3) is 0.231. The molecule has 1 amide bonds. The molecule has 0 fully saturated rings. The van der Waals surface area contributed by atoms with E-state index in [1.165, 1.54) is 0 Å². The topological polar surface area (TPSA) is 67.0 Å². The number of benzene rings is 1. The predicted molar refractivity (Wildman–Crippen MR) is 72.0 cm³/mol. The molecular formula is C13H14ClN3O2. The zero-order valence-electron chi connectivity index (χ0n) is 10.2. The summed E-state index contributed by atoms with van der Waals surface area (Å²) in [5, 5.41) is 3.30. The van der Waals surface area contributed by atoms with Gasteiger partial charge in [-0.05, 0) is 12.1 Å². The van der Waals surface area contributed by atoms with Gasteiger partial charge in [-0.15, -0.1) is 0 Å². The van der Waals surface area contributed by atoms with Crippen molar-refractivity contribution in [1.82, 2.24) is 15.3 Å². The number of para-hydroxylation sites is 1. The second kappa shape index (κ2) is 6.80. The standard InChI is InChI=1S/C13H14ClN3O2/c14-11-3-1-2-4-12(11)19-6-5-13(18)16-8-10-7-15-9-17-10/h1-4,7,9H,5-6,8H2,(H,15,17)(H,16,18). The van der Waals surface area contributed by atoms with Crippen molar-refractivity contribution in [3.05, 3.63) is 47.5 Å². The highest BCUT2D eigenvalue weighted by Crippen LogP contribution is 2.22. The summed E-state index contributed by atoms with van der Waals surface area (Å²) in [5.41, 5.74) is 0.861. The number of hydrogen-bond donors (Lipinski definition) is 2. The Morgan fingerprint density at radius 2 is 2.26 bits per heavy atom. The fourth-order valence-corrected chi connectivity index (χ4v) is 1.67. The van der Waals surface area contributed by atoms with E-state index in [1.54, 1.807) is 24.7 Å². The number of carbonyl (C=O) groups is 1. The highest BCUT2D eigenvalue weighted by molar-refractivity contribution is 6.32. The number of ether oxygens (including phenoxy) is 1. The summed E-state index contributed by atoms with van der Waals surface area (Å²) in [6.07, 6.45) is 3.52. The van der Waals surface area contributed by atoms with Crippen molar-refractivity contribution in [3.8, 4) is 5.75 Å². The number of aromatic nitrogens is 2. The Balaban J connectivity index is 1.68. The normalized spacial score (nSPS) is 10.2. The Morgan fingerprint density at radius 3 is 3.00 bits per heavy atom. The van der Waals surface area contributed by atoms with Crippen molar-refractivity contribution in [2.75, 3.05) is 6.61 Å². The summed E-state index contributed by atoms with van der Waals surface area (Å²) in [5.74, 6) is 0.507. The number of hydrogen-bond acceptors (Lipinski definition) is 3. The van der Waals surface area contributed by atoms with E-state index in [-0.39, 0.29) is 12.3 Å². The lowest BCUT2D eigenvalue weighted by molar-refractivity contribution is -0.121. The van der Waals surface area contributed by atoms with Gasteiger partial charge in [-0.2, -0.15) is 0 Å². The zero-order chi connectivity index (χ0) is 13.5. The third kappa shape index (κ3) is 4.30. The van der Waals surface area contributed by atoms with Crippen LogP contribution in [-0.4, -0.2) is 22.5 Å². The van der Waals surface area contributed by atoms with Gasteiger partial charge in [0, 0.05) is 6.20 Å². The minimum Gasteiger partial charge on any atom is -0.491 e. The molecule has 19 heavy (non-hydrogen) atoms. The van der Waals surface area contributed by atoms with Gasteiger partial charge in [-0.3, -0.25) is 4.79 Å². The van der Waals surface area contributed by atoms with Gasteiger partial charge in [0.05, 0.1) is 36.6 Å². The number of amides is 1. The van der Waals surface area contributed by atoms with Crippen LogP contribution in [0.4, 0.5) is 0 Å². The van der Waals surface area contributed by atoms with Gasteiger partial charge in [-0.25, -0.2) is 4.98 Å². The Bertz CT molecular complexity index is 528. The SMILES string of the molecule is O=C(CCOc1ccccc1Cl)NCc1cnc[nH]1. The Kier molecular flexibility index (Phi) is 4.80. The molecule has 1 aromatic heterocycles. The number of nitrogens with one attached hydrogen (secondary N) is 2. The zero-order valence-corrected chi connectivity index (χ0v) is 11.0. The second-order valence-electron chi connectivity index (χ2n) is 3.88. The Morgan fingerprint density at radius 1 is 1.42 bits per heavy atom. The second-order valence-corrected chi connectivity index (χ2v) is 4.29. The first-order valence-electron chi connectivity index (χ1n) is 5.87. The lowest BCUT2D eigenvalue weighted by atomic mass is 10.3. The maximum absolute atomic E-state index is 11.6. The maximum atomic E-state index is 11.6. The number of halogens is 1. The summed E-state index contributed by atoms with van der Waals surface area (Å²) >= 11 is 5.93. The minimum atomic E-state index is -0.0818. The van der Waals surface area contributed by atoms with Crippen molar-refractivity contribution in [2.24, 2.45) is 0 Å². The molecule has 6 heteroatoms. The third-order valence-corrected chi connectivity index (χ3v) is 2.77. The molecule has 0 saturated heterocycles. The summed E-state index contributed by atoms with van der Waals surface area (Å²) in [7, 11) is 0. The summed E-state index contributed by atoms with van der Waals surface area (Å²) in [6, 6.07) is 7.17. The van der Waals surface area contributed by atoms with Crippen LogP contribution in [0.3, 0.4) is 0 Å². The molecule has 5 nitrogen and oxygen atoms in total. The first-order valence-corrected chi connectivity index (χ1v) is 6.25. The smallest absolute Gasteiger partial charge is 0.223 e. The lowest BCUT2D eigenvalue weighted by Crippen LogP contribution is -2.24. The molecule has 1 aromatic carbocycles. The van der Waals surface area contributed by atoms with E-state index in [1.807, 2.05) is 12.1 Å². The van der Waals surface area contributed by atoms with Crippen LogP contribution < -0.4 is 10.1 Å². The van der Waals surface area contributed by atoms with Crippen molar-refractivity contribution in [1.29, 1.82) is 0 Å². The molecule has 0 aliphatic heterocycles. The molecule has 1 heterocycles. The molecule has 2 rings (SSSR count). The van der Waals surface area contributed by atoms with Crippen LogP contribution in [0.25, 0.3) is 0 Å². The van der Waals surface area contributed by atoms with Crippen LogP contribution in [0.2, 0.25) is 5.02 Å². The van der Waals surface area contributed by atoms with E-state index in [2.05, 4.69) is 15.3 Å². The van der Waals surface area contributed by atoms with Gasteiger partial charge in [0.25, 0.3) is 0 Å². The van der Waals surface area contributed by atoms with Crippen LogP contribution >= 0.6 is 11.6 Å². The highest BCUT2D eigenvalue weighted by atomic mass is 35.5. The van der Waals surface area contributed by atoms with E-state index >= 15 is 0 Å². The van der Waals surface area contributed by atoms with E-state index in [9.17, 15) is 4.79 Å². The quantitative estimate of drug-likeness (QED) is 0.851. The van der Waals surface area contributed by atoms with Gasteiger partial charge in [-0.1, -0.05) is 23.7 Å². The van der Waals surface area contributed by atoms with E-state index in [4.69, 9.17) is 16.3 Å². The largest absolute Gasteiger partial charge is 0.491 e. The molecule has 100 valence electrons. The maximum Gasteiger partial charge on any atom is 0.223 e. The first-order chi connectivity index (χ1) is 9.25. The molecule has 2 aromatic rings. The molecule has 0 unspecified atom stereocenters. The summed E-state index contributed by atoms with van der Waals surface area (Å²) < 4.78 is 5.43. The van der Waals surface area contributed by atoms with Crippen LogP contribution in [0.15, 0.2) is 36.8 Å². The molecule has 0 aliphatic rings. The molecule has 0 atom stereocenters. The van der Waals surface area contributed by atoms with Gasteiger partial charge < -0.3 is 15.0 Å². The van der Waals surface area contributed by atoms with Gasteiger partial charge >= 0.3 is 0 Å². The summed E-state index contributed by atoms with van der Waals surface area (Å²) in [4.78, 5) is 18.3. The molecule has 2 N–H and O–H groups in total. The average Bonchev–Trinajstić information content (AvgIpc) is 2.92. The minimum absolute atomic E-state index is 0.0818. The van der Waals surface area contributed by atoms with Crippen molar-refractivity contribution >= 4 is 17.5 Å². The molecule has 0 spiro atoms. The molecule has 0 saturated carbocycles. The molecule has 0 aliphatic carbocycles. The summed E-state index contributed by atoms with van der Waals surface area (Å²) in [6.45, 7) is 0.726. The monoisotopic (exact) mass is 279 g/mol. The number of carbonyl (C=O) groups excluding carboxylic acids is 1. The number of imidazole rings is 1. The third-order valence-electron chi connectivity index (χ3n) is 2.45. The lowest BCUT2D eigenvalue weighted by Gasteiger charge is -2.07. The number of aromatic amines is 1. The van der Waals surface area contributed by atoms with E-state index in [0.29, 0.717) is 23.9 Å². The first kappa shape index (κ1) is 13.4. The van der Waals surface area contributed by atoms with Gasteiger partial charge in [0.1, 0.15) is 5.75 Å². The van der Waals surface area contributed by atoms with Crippen molar-refractivity contribution in [3.63, 3.8) is 0 Å².